The second-order valence-electron chi connectivity index (χ2n) is 11.8. The Labute approximate surface area is 253 Å². The molecule has 4 aromatic rings. The van der Waals surface area contributed by atoms with Crippen LogP contribution >= 0.6 is 0 Å². The molecule has 10 nitrogen and oxygen atoms in total. The van der Waals surface area contributed by atoms with Gasteiger partial charge in [0.25, 0.3) is 0 Å². The first kappa shape index (κ1) is 28.9. The molecule has 0 spiro atoms. The zero-order valence-electron chi connectivity index (χ0n) is 24.4. The SMILES string of the molecule is [C-]#[N+]c1c(NC(=O)[C@H]2C[C@@H](F)CN2C(=O)OCC2c3ccccc3-c3ccccc32)ccc2c1cnn2C(=O)OC(C)(C)C. The van der Waals surface area contributed by atoms with Crippen molar-refractivity contribution in [2.24, 2.45) is 0 Å². The second-order valence-corrected chi connectivity index (χ2v) is 11.8. The standard InChI is InChI=1S/C33H30FN5O5/c1-33(2,3)44-32(42)39-27-14-13-26(29(35-4)24(27)16-36-39)37-30(40)28-15-19(34)17-38(28)31(41)43-18-25-22-11-7-5-9-20(22)21-10-6-8-12-23(21)25/h5-14,16,19,25,28H,15,17-18H2,1-3H3,(H,37,40)/t19-,28-/m1/s1. The number of nitrogens with one attached hydrogen (secondary N) is 1. The Balaban J connectivity index is 1.18. The van der Waals surface area contributed by atoms with E-state index in [0.717, 1.165) is 31.8 Å². The molecule has 1 saturated heterocycles. The molecule has 2 heterocycles. The number of anilines is 1. The van der Waals surface area contributed by atoms with E-state index in [0.29, 0.717) is 10.9 Å². The molecule has 3 aromatic carbocycles. The first-order chi connectivity index (χ1) is 21.1. The molecule has 1 N–H and O–H groups in total. The van der Waals surface area contributed by atoms with Crippen LogP contribution in [-0.2, 0) is 14.3 Å². The molecular weight excluding hydrogens is 565 g/mol. The molecule has 0 unspecified atom stereocenters. The summed E-state index contributed by atoms with van der Waals surface area (Å²) < 4.78 is 26.8. The van der Waals surface area contributed by atoms with Gasteiger partial charge in [0.05, 0.1) is 18.6 Å². The summed E-state index contributed by atoms with van der Waals surface area (Å²) in [6.45, 7) is 12.7. The van der Waals surface area contributed by atoms with E-state index in [9.17, 15) is 18.8 Å². The van der Waals surface area contributed by atoms with Gasteiger partial charge in [-0.3, -0.25) is 9.69 Å². The Morgan fingerprint density at radius 3 is 2.32 bits per heavy atom. The summed E-state index contributed by atoms with van der Waals surface area (Å²) in [6, 6.07) is 17.7. The predicted molar refractivity (Wildman–Crippen MR) is 161 cm³/mol. The highest BCUT2D eigenvalue weighted by Gasteiger charge is 2.41. The molecular formula is C33H30FN5O5. The molecule has 1 aromatic heterocycles. The number of alkyl halides is 1. The van der Waals surface area contributed by atoms with Crippen molar-refractivity contribution < 1.29 is 28.2 Å². The van der Waals surface area contributed by atoms with Gasteiger partial charge in [0, 0.05) is 29.6 Å². The van der Waals surface area contributed by atoms with Crippen LogP contribution in [0.25, 0.3) is 26.9 Å². The Kier molecular flexibility index (Phi) is 7.29. The fourth-order valence-corrected chi connectivity index (χ4v) is 5.89. The van der Waals surface area contributed by atoms with E-state index in [2.05, 4.69) is 15.3 Å². The summed E-state index contributed by atoms with van der Waals surface area (Å²) >= 11 is 0. The normalized spacial score (nSPS) is 17.6. The van der Waals surface area contributed by atoms with E-state index in [1.807, 2.05) is 48.5 Å². The molecule has 1 aliphatic carbocycles. The molecule has 44 heavy (non-hydrogen) atoms. The number of rotatable bonds is 4. The molecule has 0 radical (unpaired) electrons. The fourth-order valence-electron chi connectivity index (χ4n) is 5.89. The molecule has 6 rings (SSSR count). The molecule has 2 aliphatic rings. The lowest BCUT2D eigenvalue weighted by Crippen LogP contribution is -2.43. The summed E-state index contributed by atoms with van der Waals surface area (Å²) in [6.07, 6.45) is -1.77. The number of likely N-dealkylation sites (tertiary alicyclic amines) is 1. The molecule has 11 heteroatoms. The maximum Gasteiger partial charge on any atom is 0.435 e. The number of ether oxygens (including phenoxy) is 2. The van der Waals surface area contributed by atoms with Crippen molar-refractivity contribution in [3.63, 3.8) is 0 Å². The maximum atomic E-state index is 14.6. The third-order valence-electron chi connectivity index (χ3n) is 7.78. The smallest absolute Gasteiger partial charge is 0.435 e. The van der Waals surface area contributed by atoms with E-state index < -0.39 is 35.9 Å². The minimum absolute atomic E-state index is 0.0365. The van der Waals surface area contributed by atoms with Crippen LogP contribution in [-0.4, -0.2) is 63.7 Å². The highest BCUT2D eigenvalue weighted by atomic mass is 19.1. The van der Waals surface area contributed by atoms with Crippen molar-refractivity contribution in [2.45, 2.75) is 50.9 Å². The Morgan fingerprint density at radius 2 is 1.68 bits per heavy atom. The number of amides is 2. The van der Waals surface area contributed by atoms with E-state index in [4.69, 9.17) is 16.0 Å². The topological polar surface area (TPSA) is 107 Å². The summed E-state index contributed by atoms with van der Waals surface area (Å²) in [7, 11) is 0. The Bertz CT molecular complexity index is 1790. The third kappa shape index (κ3) is 5.24. The van der Waals surface area contributed by atoms with Crippen LogP contribution in [0.15, 0.2) is 66.9 Å². The lowest BCUT2D eigenvalue weighted by atomic mass is 9.98. The van der Waals surface area contributed by atoms with Gasteiger partial charge in [-0.15, -0.1) is 0 Å². The van der Waals surface area contributed by atoms with Crippen molar-refractivity contribution in [3.8, 4) is 11.1 Å². The zero-order valence-corrected chi connectivity index (χ0v) is 24.4. The quantitative estimate of drug-likeness (QED) is 0.264. The number of hydrogen-bond acceptors (Lipinski definition) is 6. The van der Waals surface area contributed by atoms with E-state index in [1.165, 1.54) is 18.3 Å². The first-order valence-electron chi connectivity index (χ1n) is 14.2. The molecule has 1 aliphatic heterocycles. The van der Waals surface area contributed by atoms with Gasteiger partial charge in [0.2, 0.25) is 11.6 Å². The minimum atomic E-state index is -1.42. The molecule has 1 fully saturated rings. The average molecular weight is 596 g/mol. The largest absolute Gasteiger partial charge is 0.448 e. The molecule has 2 atom stereocenters. The van der Waals surface area contributed by atoms with Crippen LogP contribution in [0.1, 0.15) is 44.2 Å². The summed E-state index contributed by atoms with van der Waals surface area (Å²) in [5.74, 6) is -0.834. The highest BCUT2D eigenvalue weighted by Crippen LogP contribution is 2.44. The van der Waals surface area contributed by atoms with Gasteiger partial charge in [0.15, 0.2) is 0 Å². The number of carbonyl (C=O) groups excluding carboxylic acids is 3. The van der Waals surface area contributed by atoms with Gasteiger partial charge in [0.1, 0.15) is 24.4 Å². The number of benzene rings is 3. The lowest BCUT2D eigenvalue weighted by molar-refractivity contribution is -0.120. The lowest BCUT2D eigenvalue weighted by Gasteiger charge is -2.24. The van der Waals surface area contributed by atoms with Crippen molar-refractivity contribution in [1.29, 1.82) is 0 Å². The van der Waals surface area contributed by atoms with Crippen LogP contribution in [0, 0.1) is 6.57 Å². The van der Waals surface area contributed by atoms with E-state index in [1.54, 1.807) is 20.8 Å². The van der Waals surface area contributed by atoms with Crippen LogP contribution in [0.5, 0.6) is 0 Å². The first-order valence-corrected chi connectivity index (χ1v) is 14.2. The molecule has 224 valence electrons. The zero-order chi connectivity index (χ0) is 31.2. The van der Waals surface area contributed by atoms with Crippen LogP contribution < -0.4 is 5.32 Å². The van der Waals surface area contributed by atoms with E-state index in [-0.39, 0.29) is 36.9 Å². The third-order valence-corrected chi connectivity index (χ3v) is 7.78. The number of hydrogen-bond donors (Lipinski definition) is 1. The predicted octanol–water partition coefficient (Wildman–Crippen LogP) is 6.67. The number of aromatic nitrogens is 2. The Morgan fingerprint density at radius 1 is 1.02 bits per heavy atom. The second kappa shape index (κ2) is 11.1. The summed E-state index contributed by atoms with van der Waals surface area (Å²) in [4.78, 5) is 43.9. The monoisotopic (exact) mass is 595 g/mol. The maximum absolute atomic E-state index is 14.6. The van der Waals surface area contributed by atoms with Gasteiger partial charge in [-0.2, -0.15) is 9.78 Å². The Hall–Kier alpha value is -5.24. The molecule has 0 bridgehead atoms. The molecule has 2 amide bonds. The number of halogens is 1. The van der Waals surface area contributed by atoms with Gasteiger partial charge in [-0.25, -0.2) is 18.8 Å². The van der Waals surface area contributed by atoms with Gasteiger partial charge in [-0.1, -0.05) is 48.5 Å². The van der Waals surface area contributed by atoms with E-state index >= 15 is 0 Å². The van der Waals surface area contributed by atoms with Gasteiger partial charge < -0.3 is 14.8 Å². The van der Waals surface area contributed by atoms with Crippen molar-refractivity contribution >= 4 is 40.4 Å². The van der Waals surface area contributed by atoms with Gasteiger partial charge >= 0.3 is 12.2 Å². The number of nitrogens with zero attached hydrogens (tertiary/aromatic N) is 4. The van der Waals surface area contributed by atoms with Crippen LogP contribution in [0.3, 0.4) is 0 Å². The van der Waals surface area contributed by atoms with Crippen molar-refractivity contribution in [3.05, 3.63) is 89.4 Å². The number of fused-ring (bicyclic) bond motifs is 4. The average Bonchev–Trinajstić information content (AvgIpc) is 3.69. The number of carbonyl (C=O) groups is 3. The molecule has 0 saturated carbocycles. The van der Waals surface area contributed by atoms with Crippen LogP contribution in [0.4, 0.5) is 25.4 Å². The highest BCUT2D eigenvalue weighted by molar-refractivity contribution is 6.07. The van der Waals surface area contributed by atoms with Crippen molar-refractivity contribution in [2.75, 3.05) is 18.5 Å². The summed E-state index contributed by atoms with van der Waals surface area (Å²) in [5, 5.41) is 7.08. The van der Waals surface area contributed by atoms with Crippen LogP contribution in [0.2, 0.25) is 0 Å². The van der Waals surface area contributed by atoms with Gasteiger partial charge in [-0.05, 0) is 55.2 Å². The minimum Gasteiger partial charge on any atom is -0.448 e. The fraction of sp³-hybridized carbons (Fsp3) is 0.303. The summed E-state index contributed by atoms with van der Waals surface area (Å²) in [5.41, 5.74) is 4.01. The van der Waals surface area contributed by atoms with Crippen molar-refractivity contribution in [1.82, 2.24) is 14.7 Å².